The van der Waals surface area contributed by atoms with E-state index in [9.17, 15) is 13.6 Å². The standard InChI is InChI=1S/C15H18F2N2O2/c1-14(2,3)21-13(20)19-8-11(15(16,17)9-18)10-6-4-5-7-12(10)19/h4-8H,9,18H2,1-3H3. The van der Waals surface area contributed by atoms with Crippen LogP contribution in [0.4, 0.5) is 13.6 Å². The largest absolute Gasteiger partial charge is 0.443 e. The zero-order valence-corrected chi connectivity index (χ0v) is 12.2. The molecule has 0 saturated carbocycles. The highest BCUT2D eigenvalue weighted by molar-refractivity contribution is 5.92. The molecule has 1 aromatic heterocycles. The average molecular weight is 296 g/mol. The number of rotatable bonds is 2. The molecule has 1 aromatic carbocycles. The van der Waals surface area contributed by atoms with E-state index in [2.05, 4.69) is 0 Å². The van der Waals surface area contributed by atoms with Crippen molar-refractivity contribution >= 4 is 17.0 Å². The highest BCUT2D eigenvalue weighted by Crippen LogP contribution is 2.34. The van der Waals surface area contributed by atoms with Gasteiger partial charge in [-0.2, -0.15) is 8.78 Å². The predicted octanol–water partition coefficient (Wildman–Crippen LogP) is 3.48. The Bertz CT molecular complexity index is 672. The Morgan fingerprint density at radius 3 is 2.48 bits per heavy atom. The fraction of sp³-hybridized carbons (Fsp3) is 0.400. The summed E-state index contributed by atoms with van der Waals surface area (Å²) in [6.07, 6.45) is 0.406. The van der Waals surface area contributed by atoms with Crippen LogP contribution in [-0.4, -0.2) is 22.8 Å². The number of nitrogens with two attached hydrogens (primary N) is 1. The first-order valence-corrected chi connectivity index (χ1v) is 6.57. The fourth-order valence-corrected chi connectivity index (χ4v) is 2.04. The van der Waals surface area contributed by atoms with E-state index in [-0.39, 0.29) is 5.56 Å². The van der Waals surface area contributed by atoms with Crippen molar-refractivity contribution in [3.05, 3.63) is 36.0 Å². The second-order valence-corrected chi connectivity index (χ2v) is 5.82. The SMILES string of the molecule is CC(C)(C)OC(=O)n1cc(C(F)(F)CN)c2ccccc21. The molecule has 0 unspecified atom stereocenters. The smallest absolute Gasteiger partial charge is 0.419 e. The summed E-state index contributed by atoms with van der Waals surface area (Å²) in [5, 5.41) is 0.291. The van der Waals surface area contributed by atoms with E-state index >= 15 is 0 Å². The van der Waals surface area contributed by atoms with E-state index in [1.165, 1.54) is 6.07 Å². The number of benzene rings is 1. The van der Waals surface area contributed by atoms with Crippen molar-refractivity contribution in [2.45, 2.75) is 32.3 Å². The van der Waals surface area contributed by atoms with Crippen molar-refractivity contribution in [1.29, 1.82) is 0 Å². The van der Waals surface area contributed by atoms with Crippen LogP contribution in [0.15, 0.2) is 30.5 Å². The molecule has 6 heteroatoms. The Labute approximate surface area is 121 Å². The Morgan fingerprint density at radius 1 is 1.29 bits per heavy atom. The monoisotopic (exact) mass is 296 g/mol. The number of para-hydroxylation sites is 1. The lowest BCUT2D eigenvalue weighted by Crippen LogP contribution is -2.27. The Morgan fingerprint density at radius 2 is 1.90 bits per heavy atom. The minimum atomic E-state index is -3.20. The number of fused-ring (bicyclic) bond motifs is 1. The van der Waals surface area contributed by atoms with Gasteiger partial charge in [-0.3, -0.25) is 4.57 Å². The van der Waals surface area contributed by atoms with Crippen molar-refractivity contribution < 1.29 is 18.3 Å². The summed E-state index contributed by atoms with van der Waals surface area (Å²) in [5.74, 6) is -3.20. The normalized spacial score (nSPS) is 12.7. The lowest BCUT2D eigenvalue weighted by Gasteiger charge is -2.19. The third-order valence-electron chi connectivity index (χ3n) is 2.95. The van der Waals surface area contributed by atoms with Gasteiger partial charge in [0.05, 0.1) is 12.1 Å². The zero-order valence-electron chi connectivity index (χ0n) is 12.2. The molecular formula is C15H18F2N2O2. The highest BCUT2D eigenvalue weighted by atomic mass is 19.3. The van der Waals surface area contributed by atoms with E-state index in [1.54, 1.807) is 39.0 Å². The molecule has 2 rings (SSSR count). The van der Waals surface area contributed by atoms with Gasteiger partial charge in [-0.25, -0.2) is 4.79 Å². The van der Waals surface area contributed by atoms with Crippen LogP contribution < -0.4 is 5.73 Å². The Balaban J connectivity index is 2.58. The summed E-state index contributed by atoms with van der Waals surface area (Å²) in [6.45, 7) is 4.32. The first-order chi connectivity index (χ1) is 9.65. The minimum Gasteiger partial charge on any atom is -0.443 e. The highest BCUT2D eigenvalue weighted by Gasteiger charge is 2.34. The molecule has 0 aliphatic carbocycles. The van der Waals surface area contributed by atoms with Crippen LogP contribution in [0.3, 0.4) is 0 Å². The summed E-state index contributed by atoms with van der Waals surface area (Å²) in [7, 11) is 0. The van der Waals surface area contributed by atoms with E-state index in [0.29, 0.717) is 10.9 Å². The second-order valence-electron chi connectivity index (χ2n) is 5.82. The van der Waals surface area contributed by atoms with Crippen LogP contribution in [0.5, 0.6) is 0 Å². The molecule has 4 nitrogen and oxygen atoms in total. The summed E-state index contributed by atoms with van der Waals surface area (Å²) in [4.78, 5) is 12.2. The predicted molar refractivity (Wildman–Crippen MR) is 76.5 cm³/mol. The molecule has 0 aliphatic rings. The van der Waals surface area contributed by atoms with Gasteiger partial charge in [-0.1, -0.05) is 18.2 Å². The number of alkyl halides is 2. The van der Waals surface area contributed by atoms with Crippen LogP contribution >= 0.6 is 0 Å². The number of hydrogen-bond acceptors (Lipinski definition) is 3. The summed E-state index contributed by atoms with van der Waals surface area (Å²) < 4.78 is 34.2. The summed E-state index contributed by atoms with van der Waals surface area (Å²) in [6, 6.07) is 6.44. The minimum absolute atomic E-state index is 0.272. The third kappa shape index (κ3) is 3.05. The van der Waals surface area contributed by atoms with Gasteiger partial charge < -0.3 is 10.5 Å². The molecule has 0 amide bonds. The molecule has 0 spiro atoms. The van der Waals surface area contributed by atoms with Crippen molar-refractivity contribution in [3.8, 4) is 0 Å². The average Bonchev–Trinajstić information content (AvgIpc) is 2.77. The zero-order chi connectivity index (χ0) is 15.8. The lowest BCUT2D eigenvalue weighted by molar-refractivity contribution is 0.00729. The molecular weight excluding hydrogens is 278 g/mol. The molecule has 2 aromatic rings. The fourth-order valence-electron chi connectivity index (χ4n) is 2.04. The maximum Gasteiger partial charge on any atom is 0.419 e. The number of halogens is 2. The topological polar surface area (TPSA) is 57.2 Å². The molecule has 114 valence electrons. The third-order valence-corrected chi connectivity index (χ3v) is 2.95. The lowest BCUT2D eigenvalue weighted by atomic mass is 10.1. The Kier molecular flexibility index (Phi) is 3.76. The molecule has 0 atom stereocenters. The van der Waals surface area contributed by atoms with Gasteiger partial charge in [0.1, 0.15) is 5.60 Å². The maximum atomic E-state index is 13.9. The first kappa shape index (κ1) is 15.4. The number of carbonyl (C=O) groups is 1. The Hall–Kier alpha value is -1.95. The van der Waals surface area contributed by atoms with Gasteiger partial charge in [-0.05, 0) is 26.8 Å². The number of hydrogen-bond donors (Lipinski definition) is 1. The van der Waals surface area contributed by atoms with Crippen molar-refractivity contribution in [2.75, 3.05) is 6.54 Å². The van der Waals surface area contributed by atoms with Gasteiger partial charge in [0.2, 0.25) is 0 Å². The van der Waals surface area contributed by atoms with E-state index in [1.807, 2.05) is 0 Å². The molecule has 1 heterocycles. The quantitative estimate of drug-likeness (QED) is 0.923. The summed E-state index contributed by atoms with van der Waals surface area (Å²) in [5.41, 5.74) is 4.53. The van der Waals surface area contributed by atoms with E-state index in [0.717, 1.165) is 10.8 Å². The van der Waals surface area contributed by atoms with Crippen LogP contribution in [0.2, 0.25) is 0 Å². The number of carbonyl (C=O) groups excluding carboxylic acids is 1. The first-order valence-electron chi connectivity index (χ1n) is 6.57. The molecule has 2 N–H and O–H groups in total. The van der Waals surface area contributed by atoms with Gasteiger partial charge >= 0.3 is 6.09 Å². The molecule has 0 fully saturated rings. The van der Waals surface area contributed by atoms with Crippen molar-refractivity contribution in [2.24, 2.45) is 5.73 Å². The van der Waals surface area contributed by atoms with E-state index < -0.39 is 24.2 Å². The summed E-state index contributed by atoms with van der Waals surface area (Å²) >= 11 is 0. The molecule has 21 heavy (non-hydrogen) atoms. The van der Waals surface area contributed by atoms with Gasteiger partial charge in [-0.15, -0.1) is 0 Å². The number of nitrogens with zero attached hydrogens (tertiary/aromatic N) is 1. The molecule has 0 aliphatic heterocycles. The molecule has 0 saturated heterocycles. The van der Waals surface area contributed by atoms with Gasteiger partial charge in [0.15, 0.2) is 0 Å². The van der Waals surface area contributed by atoms with Crippen LogP contribution in [0.25, 0.3) is 10.9 Å². The van der Waals surface area contributed by atoms with E-state index in [4.69, 9.17) is 10.5 Å². The van der Waals surface area contributed by atoms with Crippen molar-refractivity contribution in [1.82, 2.24) is 4.57 Å². The maximum absolute atomic E-state index is 13.9. The van der Waals surface area contributed by atoms with Crippen molar-refractivity contribution in [3.63, 3.8) is 0 Å². The number of aromatic nitrogens is 1. The second kappa shape index (κ2) is 5.11. The number of ether oxygens (including phenoxy) is 1. The van der Waals surface area contributed by atoms with Gasteiger partial charge in [0.25, 0.3) is 5.92 Å². The van der Waals surface area contributed by atoms with Gasteiger partial charge in [0, 0.05) is 17.1 Å². The van der Waals surface area contributed by atoms with Crippen LogP contribution in [0, 0.1) is 0 Å². The molecule has 0 bridgehead atoms. The molecule has 0 radical (unpaired) electrons. The van der Waals surface area contributed by atoms with Crippen LogP contribution in [-0.2, 0) is 10.7 Å². The van der Waals surface area contributed by atoms with Crippen LogP contribution in [0.1, 0.15) is 26.3 Å².